The standard InChI is InChI=1S/C23H21FN6O3/c24-16-6-7-19(25-12-16)22(32)28-10-8-23(33,9-11-28)14-29-15-26-20-18(21(29)31)13-27-30(20)17-4-2-1-3-5-17/h1-7,12-13,15,33H,8-11,14H2. The van der Waals surface area contributed by atoms with Gasteiger partial charge in [0.2, 0.25) is 0 Å². The lowest BCUT2D eigenvalue weighted by atomic mass is 9.91. The number of halogens is 1. The third kappa shape index (κ3) is 4.00. The van der Waals surface area contributed by atoms with Crippen molar-refractivity contribution in [3.05, 3.63) is 83.1 Å². The zero-order chi connectivity index (χ0) is 23.0. The number of hydrogen-bond donors (Lipinski definition) is 1. The van der Waals surface area contributed by atoms with E-state index in [0.29, 0.717) is 24.1 Å². The Morgan fingerprint density at radius 2 is 1.82 bits per heavy atom. The molecule has 9 nitrogen and oxygen atoms in total. The molecule has 4 aromatic rings. The van der Waals surface area contributed by atoms with Crippen LogP contribution in [-0.4, -0.2) is 58.9 Å². The molecule has 0 spiro atoms. The Bertz CT molecular complexity index is 1360. The topological polar surface area (TPSA) is 106 Å². The lowest BCUT2D eigenvalue weighted by Crippen LogP contribution is -2.49. The molecule has 0 unspecified atom stereocenters. The van der Waals surface area contributed by atoms with Crippen LogP contribution in [-0.2, 0) is 6.54 Å². The van der Waals surface area contributed by atoms with Gasteiger partial charge in [0.1, 0.15) is 23.2 Å². The monoisotopic (exact) mass is 448 g/mol. The lowest BCUT2D eigenvalue weighted by Gasteiger charge is -2.38. The van der Waals surface area contributed by atoms with Gasteiger partial charge in [-0.3, -0.25) is 14.2 Å². The van der Waals surface area contributed by atoms with E-state index >= 15 is 0 Å². The fraction of sp³-hybridized carbons (Fsp3) is 0.261. The number of nitrogens with zero attached hydrogens (tertiary/aromatic N) is 6. The van der Waals surface area contributed by atoms with Gasteiger partial charge in [0.05, 0.1) is 30.2 Å². The number of likely N-dealkylation sites (tertiary alicyclic amines) is 1. The molecule has 10 heteroatoms. The number of rotatable bonds is 4. The number of pyridine rings is 1. The van der Waals surface area contributed by atoms with Crippen LogP contribution in [0.5, 0.6) is 0 Å². The van der Waals surface area contributed by atoms with E-state index < -0.39 is 11.4 Å². The maximum atomic E-state index is 13.1. The highest BCUT2D eigenvalue weighted by Crippen LogP contribution is 2.25. The van der Waals surface area contributed by atoms with Crippen molar-refractivity contribution in [1.29, 1.82) is 0 Å². The van der Waals surface area contributed by atoms with Crippen molar-refractivity contribution in [2.45, 2.75) is 25.0 Å². The molecule has 0 aliphatic carbocycles. The minimum absolute atomic E-state index is 0.0577. The van der Waals surface area contributed by atoms with Gasteiger partial charge in [0.25, 0.3) is 11.5 Å². The number of aliphatic hydroxyl groups is 1. The van der Waals surface area contributed by atoms with E-state index in [2.05, 4.69) is 15.1 Å². The average molecular weight is 448 g/mol. The fourth-order valence-corrected chi connectivity index (χ4v) is 4.08. The predicted molar refractivity (Wildman–Crippen MR) is 117 cm³/mol. The highest BCUT2D eigenvalue weighted by molar-refractivity contribution is 5.92. The second-order valence-electron chi connectivity index (χ2n) is 8.19. The van der Waals surface area contributed by atoms with Crippen molar-refractivity contribution in [2.24, 2.45) is 0 Å². The van der Waals surface area contributed by atoms with Gasteiger partial charge in [-0.2, -0.15) is 5.10 Å². The van der Waals surface area contributed by atoms with E-state index in [1.807, 2.05) is 30.3 Å². The molecule has 0 saturated carbocycles. The molecule has 5 rings (SSSR count). The zero-order valence-electron chi connectivity index (χ0n) is 17.6. The number of hydrogen-bond acceptors (Lipinski definition) is 6. The molecule has 1 N–H and O–H groups in total. The third-order valence-corrected chi connectivity index (χ3v) is 5.95. The second-order valence-corrected chi connectivity index (χ2v) is 8.19. The summed E-state index contributed by atoms with van der Waals surface area (Å²) < 4.78 is 16.0. The Labute approximate surface area is 187 Å². The van der Waals surface area contributed by atoms with Crippen molar-refractivity contribution < 1.29 is 14.3 Å². The van der Waals surface area contributed by atoms with Gasteiger partial charge in [-0.05, 0) is 37.1 Å². The zero-order valence-corrected chi connectivity index (χ0v) is 17.6. The Kier molecular flexibility index (Phi) is 5.21. The van der Waals surface area contributed by atoms with E-state index in [9.17, 15) is 19.1 Å². The van der Waals surface area contributed by atoms with Gasteiger partial charge in [-0.15, -0.1) is 0 Å². The van der Waals surface area contributed by atoms with Crippen LogP contribution >= 0.6 is 0 Å². The molecule has 1 amide bonds. The van der Waals surface area contributed by atoms with Crippen LogP contribution in [0.25, 0.3) is 16.7 Å². The van der Waals surface area contributed by atoms with Crippen molar-refractivity contribution >= 4 is 16.9 Å². The maximum absolute atomic E-state index is 13.1. The third-order valence-electron chi connectivity index (χ3n) is 5.95. The van der Waals surface area contributed by atoms with Crippen LogP contribution < -0.4 is 5.56 Å². The molecule has 1 aromatic carbocycles. The molecule has 1 fully saturated rings. The first-order chi connectivity index (χ1) is 15.9. The fourth-order valence-electron chi connectivity index (χ4n) is 4.08. The number of fused-ring (bicyclic) bond motifs is 1. The van der Waals surface area contributed by atoms with Crippen LogP contribution in [0.15, 0.2) is 66.0 Å². The molecule has 4 heterocycles. The summed E-state index contributed by atoms with van der Waals surface area (Å²) in [5, 5.41) is 15.8. The van der Waals surface area contributed by atoms with Crippen molar-refractivity contribution in [1.82, 2.24) is 29.2 Å². The summed E-state index contributed by atoms with van der Waals surface area (Å²) in [4.78, 5) is 35.4. The number of carbonyl (C=O) groups is 1. The summed E-state index contributed by atoms with van der Waals surface area (Å²) in [5.41, 5.74) is -0.0559. The maximum Gasteiger partial charge on any atom is 0.272 e. The van der Waals surface area contributed by atoms with Gasteiger partial charge >= 0.3 is 0 Å². The first-order valence-corrected chi connectivity index (χ1v) is 10.6. The van der Waals surface area contributed by atoms with Crippen molar-refractivity contribution in [3.63, 3.8) is 0 Å². The van der Waals surface area contributed by atoms with Gasteiger partial charge in [0, 0.05) is 13.1 Å². The summed E-state index contributed by atoms with van der Waals surface area (Å²) in [6.07, 6.45) is 4.48. The quantitative estimate of drug-likeness (QED) is 0.510. The number of amides is 1. The van der Waals surface area contributed by atoms with E-state index in [1.54, 1.807) is 9.58 Å². The minimum Gasteiger partial charge on any atom is -0.388 e. The van der Waals surface area contributed by atoms with Crippen LogP contribution in [0, 0.1) is 5.82 Å². The largest absolute Gasteiger partial charge is 0.388 e. The minimum atomic E-state index is -1.17. The lowest BCUT2D eigenvalue weighted by molar-refractivity contribution is -0.0300. The highest BCUT2D eigenvalue weighted by Gasteiger charge is 2.35. The summed E-state index contributed by atoms with van der Waals surface area (Å²) in [5.74, 6) is -0.824. The van der Waals surface area contributed by atoms with Gasteiger partial charge < -0.3 is 10.0 Å². The Hall–Kier alpha value is -3.92. The molecule has 1 aliphatic heterocycles. The van der Waals surface area contributed by atoms with E-state index in [-0.39, 0.29) is 36.5 Å². The first-order valence-electron chi connectivity index (χ1n) is 10.6. The molecule has 0 radical (unpaired) electrons. The smallest absolute Gasteiger partial charge is 0.272 e. The molecule has 3 aromatic heterocycles. The summed E-state index contributed by atoms with van der Waals surface area (Å²) in [7, 11) is 0. The highest BCUT2D eigenvalue weighted by atomic mass is 19.1. The van der Waals surface area contributed by atoms with Crippen molar-refractivity contribution in [3.8, 4) is 5.69 Å². The number of benzene rings is 1. The molecule has 0 atom stereocenters. The SMILES string of the molecule is O=C(c1ccc(F)cn1)N1CCC(O)(Cn2cnc3c(cnn3-c3ccccc3)c2=O)CC1. The number of para-hydroxylation sites is 1. The van der Waals surface area contributed by atoms with Crippen LogP contribution in [0.1, 0.15) is 23.3 Å². The van der Waals surface area contributed by atoms with E-state index in [0.717, 1.165) is 11.9 Å². The first kappa shape index (κ1) is 21.0. The predicted octanol–water partition coefficient (Wildman–Crippen LogP) is 1.78. The average Bonchev–Trinajstić information content (AvgIpc) is 3.27. The Balaban J connectivity index is 1.32. The van der Waals surface area contributed by atoms with Crippen LogP contribution in [0.4, 0.5) is 4.39 Å². The molecular weight excluding hydrogens is 427 g/mol. The molecule has 168 valence electrons. The molecule has 33 heavy (non-hydrogen) atoms. The van der Waals surface area contributed by atoms with E-state index in [1.165, 1.54) is 29.2 Å². The molecule has 1 aliphatic rings. The number of piperidine rings is 1. The van der Waals surface area contributed by atoms with Gasteiger partial charge in [-0.1, -0.05) is 18.2 Å². The van der Waals surface area contributed by atoms with E-state index in [4.69, 9.17) is 0 Å². The summed E-state index contributed by atoms with van der Waals surface area (Å²) >= 11 is 0. The normalized spacial score (nSPS) is 15.6. The summed E-state index contributed by atoms with van der Waals surface area (Å²) in [6.45, 7) is 0.650. The molecular formula is C23H21FN6O3. The second kappa shape index (κ2) is 8.21. The number of aromatic nitrogens is 5. The van der Waals surface area contributed by atoms with Crippen molar-refractivity contribution in [2.75, 3.05) is 13.1 Å². The van der Waals surface area contributed by atoms with Gasteiger partial charge in [0.15, 0.2) is 5.65 Å². The van der Waals surface area contributed by atoms with Crippen LogP contribution in [0.3, 0.4) is 0 Å². The molecule has 0 bridgehead atoms. The molecule has 1 saturated heterocycles. The van der Waals surface area contributed by atoms with Gasteiger partial charge in [-0.25, -0.2) is 19.0 Å². The van der Waals surface area contributed by atoms with Crippen LogP contribution in [0.2, 0.25) is 0 Å². The Morgan fingerprint density at radius 1 is 1.06 bits per heavy atom. The Morgan fingerprint density at radius 3 is 2.52 bits per heavy atom. The summed E-state index contributed by atoms with van der Waals surface area (Å²) in [6, 6.07) is 11.9. The number of carbonyl (C=O) groups excluding carboxylic acids is 1.